The molecule has 1 aromatic rings. The molecular weight excluding hydrogens is 240 g/mol. The van der Waals surface area contributed by atoms with Crippen LogP contribution in [0.4, 0.5) is 0 Å². The molecule has 0 aliphatic rings. The molecule has 0 unspecified atom stereocenters. The molecule has 0 aliphatic heterocycles. The fourth-order valence-electron chi connectivity index (χ4n) is 1.39. The van der Waals surface area contributed by atoms with E-state index in [2.05, 4.69) is 0 Å². The second-order valence-corrected chi connectivity index (χ2v) is 4.72. The molecule has 0 bridgehead atoms. The Balaban J connectivity index is 3.17. The Morgan fingerprint density at radius 3 is 2.00 bits per heavy atom. The Bertz CT molecular complexity index is 391. The third-order valence-corrected chi connectivity index (χ3v) is 3.23. The van der Waals surface area contributed by atoms with Crippen LogP contribution in [0.1, 0.15) is 24.2 Å². The topological polar surface area (TPSA) is 35.5 Å². The maximum Gasteiger partial charge on any atom is 0.169 e. The Morgan fingerprint density at radius 1 is 1.18 bits per heavy atom. The van der Waals surface area contributed by atoms with E-state index in [4.69, 9.17) is 21.1 Å². The summed E-state index contributed by atoms with van der Waals surface area (Å²) in [5, 5.41) is 0. The molecule has 0 fully saturated rings. The normalized spacial score (nSPS) is 11.1. The van der Waals surface area contributed by atoms with Crippen molar-refractivity contribution in [2.24, 2.45) is 5.41 Å². The predicted octanol–water partition coefficient (Wildman–Crippen LogP) is 3.15. The molecule has 0 atom stereocenters. The molecule has 0 spiro atoms. The van der Waals surface area contributed by atoms with E-state index >= 15 is 0 Å². The van der Waals surface area contributed by atoms with Crippen molar-refractivity contribution >= 4 is 17.4 Å². The Morgan fingerprint density at radius 2 is 1.65 bits per heavy atom. The van der Waals surface area contributed by atoms with Crippen molar-refractivity contribution in [1.82, 2.24) is 0 Å². The van der Waals surface area contributed by atoms with Gasteiger partial charge in [-0.25, -0.2) is 0 Å². The summed E-state index contributed by atoms with van der Waals surface area (Å²) in [7, 11) is 3.10. The van der Waals surface area contributed by atoms with Crippen LogP contribution in [-0.4, -0.2) is 25.9 Å². The van der Waals surface area contributed by atoms with Gasteiger partial charge in [0, 0.05) is 22.9 Å². The molecule has 17 heavy (non-hydrogen) atoms. The van der Waals surface area contributed by atoms with Gasteiger partial charge in [0.1, 0.15) is 11.5 Å². The zero-order chi connectivity index (χ0) is 13.1. The van der Waals surface area contributed by atoms with Crippen molar-refractivity contribution < 1.29 is 14.3 Å². The lowest BCUT2D eigenvalue weighted by molar-refractivity contribution is 0.0861. The van der Waals surface area contributed by atoms with Gasteiger partial charge in [-0.3, -0.25) is 4.79 Å². The van der Waals surface area contributed by atoms with Crippen LogP contribution in [0.25, 0.3) is 0 Å². The van der Waals surface area contributed by atoms with Crippen molar-refractivity contribution in [2.45, 2.75) is 13.8 Å². The van der Waals surface area contributed by atoms with Crippen molar-refractivity contribution in [3.05, 3.63) is 23.8 Å². The standard InChI is InChI=1S/C13H17ClO3/c1-13(2,8-14)12(15)9-5-10(16-3)7-11(6-9)17-4/h5-7H,8H2,1-4H3. The average molecular weight is 257 g/mol. The van der Waals surface area contributed by atoms with E-state index in [0.29, 0.717) is 17.1 Å². The number of halogens is 1. The summed E-state index contributed by atoms with van der Waals surface area (Å²) in [5.74, 6) is 1.44. The van der Waals surface area contributed by atoms with E-state index in [-0.39, 0.29) is 11.7 Å². The minimum Gasteiger partial charge on any atom is -0.497 e. The van der Waals surface area contributed by atoms with Gasteiger partial charge in [0.15, 0.2) is 5.78 Å². The monoisotopic (exact) mass is 256 g/mol. The summed E-state index contributed by atoms with van der Waals surface area (Å²) in [6.45, 7) is 3.63. The molecule has 0 N–H and O–H groups in total. The van der Waals surface area contributed by atoms with E-state index in [1.807, 2.05) is 13.8 Å². The van der Waals surface area contributed by atoms with Gasteiger partial charge in [0.2, 0.25) is 0 Å². The van der Waals surface area contributed by atoms with Gasteiger partial charge in [0.05, 0.1) is 14.2 Å². The Kier molecular flexibility index (Phi) is 4.40. The lowest BCUT2D eigenvalue weighted by Gasteiger charge is -2.20. The summed E-state index contributed by atoms with van der Waals surface area (Å²) in [6, 6.07) is 5.11. The van der Waals surface area contributed by atoms with Gasteiger partial charge < -0.3 is 9.47 Å². The highest BCUT2D eigenvalue weighted by molar-refractivity contribution is 6.21. The molecule has 1 rings (SSSR count). The van der Waals surface area contributed by atoms with Gasteiger partial charge in [-0.15, -0.1) is 11.6 Å². The summed E-state index contributed by atoms with van der Waals surface area (Å²) in [5.41, 5.74) is -0.0503. The van der Waals surface area contributed by atoms with Crippen molar-refractivity contribution in [3.63, 3.8) is 0 Å². The first-order valence-corrected chi connectivity index (χ1v) is 5.82. The molecule has 0 aromatic heterocycles. The van der Waals surface area contributed by atoms with Crippen molar-refractivity contribution in [1.29, 1.82) is 0 Å². The third-order valence-electron chi connectivity index (χ3n) is 2.56. The van der Waals surface area contributed by atoms with Crippen LogP contribution in [0.15, 0.2) is 18.2 Å². The highest BCUT2D eigenvalue weighted by atomic mass is 35.5. The fourth-order valence-corrected chi connectivity index (χ4v) is 1.51. The van der Waals surface area contributed by atoms with Crippen LogP contribution in [0.3, 0.4) is 0 Å². The molecule has 0 saturated carbocycles. The molecule has 0 radical (unpaired) electrons. The van der Waals surface area contributed by atoms with E-state index in [9.17, 15) is 4.79 Å². The van der Waals surface area contributed by atoms with Crippen LogP contribution >= 0.6 is 11.6 Å². The average Bonchev–Trinajstić information content (AvgIpc) is 2.36. The number of rotatable bonds is 5. The number of ketones is 1. The van der Waals surface area contributed by atoms with Gasteiger partial charge in [-0.2, -0.15) is 0 Å². The van der Waals surface area contributed by atoms with Crippen LogP contribution in [-0.2, 0) is 0 Å². The van der Waals surface area contributed by atoms with Gasteiger partial charge in [0.25, 0.3) is 0 Å². The van der Waals surface area contributed by atoms with Crippen molar-refractivity contribution in [2.75, 3.05) is 20.1 Å². The molecule has 94 valence electrons. The number of ether oxygens (including phenoxy) is 2. The maximum atomic E-state index is 12.2. The van der Waals surface area contributed by atoms with Crippen LogP contribution in [0.2, 0.25) is 0 Å². The first-order chi connectivity index (χ1) is 7.94. The minimum absolute atomic E-state index is 0.0234. The minimum atomic E-state index is -0.598. The molecule has 0 saturated heterocycles. The second-order valence-electron chi connectivity index (χ2n) is 4.45. The number of hydrogen-bond acceptors (Lipinski definition) is 3. The smallest absolute Gasteiger partial charge is 0.169 e. The molecule has 0 amide bonds. The number of methoxy groups -OCH3 is 2. The van der Waals surface area contributed by atoms with Gasteiger partial charge in [-0.05, 0) is 12.1 Å². The maximum absolute atomic E-state index is 12.2. The quantitative estimate of drug-likeness (QED) is 0.600. The van der Waals surface area contributed by atoms with E-state index < -0.39 is 5.41 Å². The molecule has 4 heteroatoms. The lowest BCUT2D eigenvalue weighted by atomic mass is 9.86. The molecule has 0 aliphatic carbocycles. The SMILES string of the molecule is COc1cc(OC)cc(C(=O)C(C)(C)CCl)c1. The highest BCUT2D eigenvalue weighted by Crippen LogP contribution is 2.29. The zero-order valence-corrected chi connectivity index (χ0v) is 11.3. The number of hydrogen-bond donors (Lipinski definition) is 0. The summed E-state index contributed by atoms with van der Waals surface area (Å²) >= 11 is 5.80. The Hall–Kier alpha value is -1.22. The zero-order valence-electron chi connectivity index (χ0n) is 10.5. The third kappa shape index (κ3) is 3.13. The van der Waals surface area contributed by atoms with Crippen LogP contribution in [0, 0.1) is 5.41 Å². The predicted molar refractivity (Wildman–Crippen MR) is 68.4 cm³/mol. The molecule has 1 aromatic carbocycles. The van der Waals surface area contributed by atoms with Crippen LogP contribution in [0.5, 0.6) is 11.5 Å². The van der Waals surface area contributed by atoms with E-state index in [1.165, 1.54) is 0 Å². The highest BCUT2D eigenvalue weighted by Gasteiger charge is 2.28. The largest absolute Gasteiger partial charge is 0.497 e. The second kappa shape index (κ2) is 5.41. The molecule has 0 heterocycles. The van der Waals surface area contributed by atoms with Gasteiger partial charge >= 0.3 is 0 Å². The molecule has 3 nitrogen and oxygen atoms in total. The number of carbonyl (C=O) groups is 1. The number of alkyl halides is 1. The number of Topliss-reactive ketones (excluding diaryl/α,β-unsaturated/α-hetero) is 1. The number of carbonyl (C=O) groups excluding carboxylic acids is 1. The summed E-state index contributed by atoms with van der Waals surface area (Å²) < 4.78 is 10.3. The molecular formula is C13H17ClO3. The van der Waals surface area contributed by atoms with E-state index in [0.717, 1.165) is 0 Å². The number of benzene rings is 1. The Labute approximate surface area is 107 Å². The van der Waals surface area contributed by atoms with E-state index in [1.54, 1.807) is 32.4 Å². The van der Waals surface area contributed by atoms with Gasteiger partial charge in [-0.1, -0.05) is 13.8 Å². The first kappa shape index (κ1) is 13.8. The van der Waals surface area contributed by atoms with Crippen molar-refractivity contribution in [3.8, 4) is 11.5 Å². The fraction of sp³-hybridized carbons (Fsp3) is 0.462. The first-order valence-electron chi connectivity index (χ1n) is 5.28. The summed E-state index contributed by atoms with van der Waals surface area (Å²) in [4.78, 5) is 12.2. The summed E-state index contributed by atoms with van der Waals surface area (Å²) in [6.07, 6.45) is 0. The van der Waals surface area contributed by atoms with Crippen LogP contribution < -0.4 is 9.47 Å². The lowest BCUT2D eigenvalue weighted by Crippen LogP contribution is -2.26.